The number of fused-ring (bicyclic) bond motifs is 1. The summed E-state index contributed by atoms with van der Waals surface area (Å²) in [5.41, 5.74) is 2.52. The van der Waals surface area contributed by atoms with Gasteiger partial charge in [0.15, 0.2) is 0 Å². The summed E-state index contributed by atoms with van der Waals surface area (Å²) in [5.74, 6) is 0. The Morgan fingerprint density at radius 3 is 2.93 bits per heavy atom. The number of aliphatic hydroxyl groups is 1. The summed E-state index contributed by atoms with van der Waals surface area (Å²) >= 11 is 1.79. The fourth-order valence-electron chi connectivity index (χ4n) is 2.11. The number of thiophene rings is 1. The SMILES string of the molecule is C=C(C)CC(O)c1cc2c(s1)CCCC2. The van der Waals surface area contributed by atoms with Gasteiger partial charge in [-0.2, -0.15) is 0 Å². The van der Waals surface area contributed by atoms with Gasteiger partial charge in [-0.05, 0) is 50.7 Å². The van der Waals surface area contributed by atoms with Crippen molar-refractivity contribution in [1.82, 2.24) is 0 Å². The van der Waals surface area contributed by atoms with Crippen LogP contribution in [0.3, 0.4) is 0 Å². The molecule has 1 atom stereocenters. The van der Waals surface area contributed by atoms with Crippen molar-refractivity contribution in [2.75, 3.05) is 0 Å². The molecule has 82 valence electrons. The van der Waals surface area contributed by atoms with Crippen LogP contribution in [-0.2, 0) is 12.8 Å². The second kappa shape index (κ2) is 4.50. The maximum Gasteiger partial charge on any atom is 0.0918 e. The third kappa shape index (κ3) is 2.50. The summed E-state index contributed by atoms with van der Waals surface area (Å²) in [7, 11) is 0. The number of aliphatic hydroxyl groups excluding tert-OH is 1. The minimum atomic E-state index is -0.335. The van der Waals surface area contributed by atoms with Crippen LogP contribution < -0.4 is 0 Å². The van der Waals surface area contributed by atoms with Crippen molar-refractivity contribution in [3.05, 3.63) is 33.5 Å². The van der Waals surface area contributed by atoms with Gasteiger partial charge in [0, 0.05) is 9.75 Å². The number of aryl methyl sites for hydroxylation is 2. The molecule has 0 spiro atoms. The van der Waals surface area contributed by atoms with E-state index in [1.807, 2.05) is 6.92 Å². The lowest BCUT2D eigenvalue weighted by Crippen LogP contribution is -1.96. The quantitative estimate of drug-likeness (QED) is 0.774. The zero-order valence-corrected chi connectivity index (χ0v) is 10.1. The minimum Gasteiger partial charge on any atom is -0.387 e. The standard InChI is InChI=1S/C13H18OS/c1-9(2)7-11(14)13-8-10-5-3-4-6-12(10)15-13/h8,11,14H,1,3-7H2,2H3. The molecule has 1 unspecified atom stereocenters. The van der Waals surface area contributed by atoms with Crippen LogP contribution in [-0.4, -0.2) is 5.11 Å². The molecule has 0 amide bonds. The van der Waals surface area contributed by atoms with Gasteiger partial charge in [0.1, 0.15) is 0 Å². The molecule has 0 bridgehead atoms. The molecule has 0 fully saturated rings. The Hall–Kier alpha value is -0.600. The average Bonchev–Trinajstić information content (AvgIpc) is 2.59. The maximum absolute atomic E-state index is 9.99. The lowest BCUT2D eigenvalue weighted by atomic mass is 9.98. The van der Waals surface area contributed by atoms with Crippen LogP contribution in [0.5, 0.6) is 0 Å². The first-order valence-electron chi connectivity index (χ1n) is 5.60. The molecule has 1 nitrogen and oxygen atoms in total. The third-order valence-corrected chi connectivity index (χ3v) is 4.22. The Morgan fingerprint density at radius 1 is 1.53 bits per heavy atom. The average molecular weight is 222 g/mol. The van der Waals surface area contributed by atoms with Gasteiger partial charge in [0.2, 0.25) is 0 Å². The van der Waals surface area contributed by atoms with Gasteiger partial charge in [-0.1, -0.05) is 5.57 Å². The van der Waals surface area contributed by atoms with Crippen molar-refractivity contribution in [2.45, 2.75) is 45.1 Å². The second-order valence-electron chi connectivity index (χ2n) is 4.48. The summed E-state index contributed by atoms with van der Waals surface area (Å²) in [5, 5.41) is 9.99. The topological polar surface area (TPSA) is 20.2 Å². The highest BCUT2D eigenvalue weighted by molar-refractivity contribution is 7.12. The highest BCUT2D eigenvalue weighted by Crippen LogP contribution is 2.34. The molecule has 2 rings (SSSR count). The lowest BCUT2D eigenvalue weighted by Gasteiger charge is -2.08. The first-order chi connectivity index (χ1) is 7.16. The third-order valence-electron chi connectivity index (χ3n) is 2.89. The number of hydrogen-bond donors (Lipinski definition) is 1. The van der Waals surface area contributed by atoms with Gasteiger partial charge in [-0.15, -0.1) is 17.9 Å². The summed E-state index contributed by atoms with van der Waals surface area (Å²) < 4.78 is 0. The van der Waals surface area contributed by atoms with E-state index in [2.05, 4.69) is 12.6 Å². The van der Waals surface area contributed by atoms with E-state index in [0.717, 1.165) is 10.5 Å². The van der Waals surface area contributed by atoms with Gasteiger partial charge in [0.25, 0.3) is 0 Å². The van der Waals surface area contributed by atoms with Gasteiger partial charge in [0.05, 0.1) is 6.10 Å². The zero-order valence-electron chi connectivity index (χ0n) is 9.25. The van der Waals surface area contributed by atoms with E-state index >= 15 is 0 Å². The van der Waals surface area contributed by atoms with Gasteiger partial charge in [-0.3, -0.25) is 0 Å². The normalized spacial score (nSPS) is 17.2. The van der Waals surface area contributed by atoms with E-state index in [0.29, 0.717) is 6.42 Å². The molecule has 1 aliphatic carbocycles. The number of hydrogen-bond acceptors (Lipinski definition) is 2. The molecule has 1 N–H and O–H groups in total. The summed E-state index contributed by atoms with van der Waals surface area (Å²) in [6.45, 7) is 5.82. The van der Waals surface area contributed by atoms with Crippen molar-refractivity contribution in [3.8, 4) is 0 Å². The lowest BCUT2D eigenvalue weighted by molar-refractivity contribution is 0.182. The monoisotopic (exact) mass is 222 g/mol. The van der Waals surface area contributed by atoms with Crippen molar-refractivity contribution in [1.29, 1.82) is 0 Å². The Morgan fingerprint density at radius 2 is 2.27 bits per heavy atom. The predicted octanol–water partition coefficient (Wildman–Crippen LogP) is 3.63. The fraction of sp³-hybridized carbons (Fsp3) is 0.538. The Balaban J connectivity index is 2.15. The van der Waals surface area contributed by atoms with Crippen molar-refractivity contribution in [3.63, 3.8) is 0 Å². The zero-order chi connectivity index (χ0) is 10.8. The van der Waals surface area contributed by atoms with E-state index < -0.39 is 0 Å². The largest absolute Gasteiger partial charge is 0.387 e. The van der Waals surface area contributed by atoms with E-state index in [-0.39, 0.29) is 6.10 Å². The highest BCUT2D eigenvalue weighted by Gasteiger charge is 2.17. The molecular weight excluding hydrogens is 204 g/mol. The molecule has 2 heteroatoms. The van der Waals surface area contributed by atoms with Gasteiger partial charge < -0.3 is 5.11 Å². The highest BCUT2D eigenvalue weighted by atomic mass is 32.1. The molecule has 0 saturated heterocycles. The van der Waals surface area contributed by atoms with Crippen LogP contribution in [0.25, 0.3) is 0 Å². The van der Waals surface area contributed by atoms with Crippen LogP contribution in [0.1, 0.15) is 47.6 Å². The van der Waals surface area contributed by atoms with Crippen molar-refractivity contribution < 1.29 is 5.11 Å². The summed E-state index contributed by atoms with van der Waals surface area (Å²) in [4.78, 5) is 2.63. The smallest absolute Gasteiger partial charge is 0.0918 e. The van der Waals surface area contributed by atoms with Crippen LogP contribution in [0.4, 0.5) is 0 Å². The molecule has 15 heavy (non-hydrogen) atoms. The van der Waals surface area contributed by atoms with Gasteiger partial charge >= 0.3 is 0 Å². The fourth-order valence-corrected chi connectivity index (χ4v) is 3.35. The van der Waals surface area contributed by atoms with E-state index in [1.165, 1.54) is 36.1 Å². The summed E-state index contributed by atoms with van der Waals surface area (Å²) in [6, 6.07) is 2.20. The predicted molar refractivity (Wildman–Crippen MR) is 65.4 cm³/mol. The molecule has 1 aliphatic rings. The molecule has 1 aromatic heterocycles. The first kappa shape index (κ1) is 10.9. The van der Waals surface area contributed by atoms with E-state index in [4.69, 9.17) is 0 Å². The van der Waals surface area contributed by atoms with Crippen molar-refractivity contribution >= 4 is 11.3 Å². The van der Waals surface area contributed by atoms with E-state index in [9.17, 15) is 5.11 Å². The minimum absolute atomic E-state index is 0.335. The Bertz CT molecular complexity index is 341. The Labute approximate surface area is 95.5 Å². The van der Waals surface area contributed by atoms with Gasteiger partial charge in [-0.25, -0.2) is 0 Å². The summed E-state index contributed by atoms with van der Waals surface area (Å²) in [6.07, 6.45) is 5.38. The maximum atomic E-state index is 9.99. The molecule has 0 radical (unpaired) electrons. The Kier molecular flexibility index (Phi) is 3.27. The second-order valence-corrected chi connectivity index (χ2v) is 5.65. The molecular formula is C13H18OS. The van der Waals surface area contributed by atoms with Crippen LogP contribution in [0.2, 0.25) is 0 Å². The molecule has 1 heterocycles. The van der Waals surface area contributed by atoms with Crippen LogP contribution in [0, 0.1) is 0 Å². The molecule has 0 aromatic carbocycles. The first-order valence-corrected chi connectivity index (χ1v) is 6.42. The van der Waals surface area contributed by atoms with Crippen LogP contribution >= 0.6 is 11.3 Å². The molecule has 1 aromatic rings. The number of rotatable bonds is 3. The van der Waals surface area contributed by atoms with Crippen molar-refractivity contribution in [2.24, 2.45) is 0 Å². The molecule has 0 aliphatic heterocycles. The van der Waals surface area contributed by atoms with E-state index in [1.54, 1.807) is 11.3 Å². The van der Waals surface area contributed by atoms with Crippen LogP contribution in [0.15, 0.2) is 18.2 Å². The molecule has 0 saturated carbocycles.